The van der Waals surface area contributed by atoms with Crippen molar-refractivity contribution in [3.8, 4) is 11.1 Å². The highest BCUT2D eigenvalue weighted by Crippen LogP contribution is 2.19. The summed E-state index contributed by atoms with van der Waals surface area (Å²) in [5.41, 5.74) is 2.68. The molecule has 0 bridgehead atoms. The minimum Gasteiger partial charge on any atom is -0.467 e. The van der Waals surface area contributed by atoms with Crippen LogP contribution in [-0.2, 0) is 9.53 Å². The molecule has 1 amide bonds. The number of hydrogen-bond donors (Lipinski definition) is 1. The molecule has 0 aliphatic carbocycles. The Morgan fingerprint density at radius 1 is 0.923 bits per heavy atom. The van der Waals surface area contributed by atoms with E-state index < -0.39 is 12.0 Å². The van der Waals surface area contributed by atoms with Crippen LogP contribution in [0.4, 0.5) is 0 Å². The van der Waals surface area contributed by atoms with Crippen LogP contribution < -0.4 is 5.32 Å². The molecule has 0 fully saturated rings. The minimum atomic E-state index is -0.599. The minimum absolute atomic E-state index is 0.254. The van der Waals surface area contributed by atoms with Crippen LogP contribution in [0, 0.1) is 0 Å². The molecule has 0 spiro atoms. The van der Waals surface area contributed by atoms with E-state index in [4.69, 9.17) is 4.74 Å². The van der Waals surface area contributed by atoms with Gasteiger partial charge in [0, 0.05) is 5.56 Å². The maximum absolute atomic E-state index is 12.5. The number of esters is 1. The van der Waals surface area contributed by atoms with Gasteiger partial charge in [0.15, 0.2) is 0 Å². The summed E-state index contributed by atoms with van der Waals surface area (Å²) in [5.74, 6) is -0.647. The maximum atomic E-state index is 12.5. The van der Waals surface area contributed by atoms with Gasteiger partial charge in [-0.15, -0.1) is 0 Å². The monoisotopic (exact) mass is 353 g/mol. The van der Waals surface area contributed by atoms with Crippen molar-refractivity contribution in [3.05, 3.63) is 60.2 Å². The van der Waals surface area contributed by atoms with E-state index in [-0.39, 0.29) is 5.91 Å². The summed E-state index contributed by atoms with van der Waals surface area (Å²) in [4.78, 5) is 24.4. The third-order valence-electron chi connectivity index (χ3n) is 4.39. The van der Waals surface area contributed by atoms with Gasteiger partial charge in [-0.2, -0.15) is 0 Å². The summed E-state index contributed by atoms with van der Waals surface area (Å²) in [7, 11) is 1.35. The first-order valence-corrected chi connectivity index (χ1v) is 9.20. The van der Waals surface area contributed by atoms with Crippen molar-refractivity contribution in [2.45, 2.75) is 45.1 Å². The number of carbonyl (C=O) groups is 2. The lowest BCUT2D eigenvalue weighted by molar-refractivity contribution is -0.143. The highest BCUT2D eigenvalue weighted by atomic mass is 16.5. The molecule has 1 atom stereocenters. The van der Waals surface area contributed by atoms with Crippen LogP contribution in [0.15, 0.2) is 54.6 Å². The molecule has 0 aliphatic heterocycles. The molecule has 4 nitrogen and oxygen atoms in total. The lowest BCUT2D eigenvalue weighted by Crippen LogP contribution is -2.41. The molecule has 1 N–H and O–H groups in total. The van der Waals surface area contributed by atoms with E-state index in [1.165, 1.54) is 7.11 Å². The number of carbonyl (C=O) groups excluding carboxylic acids is 2. The first-order chi connectivity index (χ1) is 12.7. The number of ether oxygens (including phenoxy) is 1. The lowest BCUT2D eigenvalue weighted by atomic mass is 10.0. The zero-order valence-corrected chi connectivity index (χ0v) is 15.5. The van der Waals surface area contributed by atoms with Crippen LogP contribution in [0.2, 0.25) is 0 Å². The van der Waals surface area contributed by atoms with Gasteiger partial charge in [-0.3, -0.25) is 4.79 Å². The third kappa shape index (κ3) is 5.73. The molecule has 0 saturated heterocycles. The molecule has 0 aromatic heterocycles. The standard InChI is InChI=1S/C22H27NO3/c1-3-4-5-9-12-20(22(25)26-2)23-21(24)19-15-13-18(14-16-19)17-10-7-6-8-11-17/h6-8,10-11,13-16,20H,3-5,9,12H2,1-2H3,(H,23,24)/t20-/m1/s1. The third-order valence-corrected chi connectivity index (χ3v) is 4.39. The highest BCUT2D eigenvalue weighted by Gasteiger charge is 2.21. The highest BCUT2D eigenvalue weighted by molar-refractivity contribution is 5.97. The Bertz CT molecular complexity index is 695. The molecule has 0 heterocycles. The summed E-state index contributed by atoms with van der Waals surface area (Å²) in [6.07, 6.45) is 4.79. The number of methoxy groups -OCH3 is 1. The first kappa shape index (κ1) is 19.7. The number of amides is 1. The smallest absolute Gasteiger partial charge is 0.328 e. The average molecular weight is 353 g/mol. The van der Waals surface area contributed by atoms with E-state index in [1.807, 2.05) is 42.5 Å². The molecule has 138 valence electrons. The van der Waals surface area contributed by atoms with Crippen LogP contribution in [0.5, 0.6) is 0 Å². The summed E-state index contributed by atoms with van der Waals surface area (Å²) in [5, 5.41) is 2.81. The maximum Gasteiger partial charge on any atom is 0.328 e. The second-order valence-electron chi connectivity index (χ2n) is 6.34. The van der Waals surface area contributed by atoms with Gasteiger partial charge >= 0.3 is 5.97 Å². The topological polar surface area (TPSA) is 55.4 Å². The Morgan fingerprint density at radius 3 is 2.19 bits per heavy atom. The number of hydrogen-bond acceptors (Lipinski definition) is 3. The molecule has 4 heteroatoms. The zero-order valence-electron chi connectivity index (χ0n) is 15.5. The van der Waals surface area contributed by atoms with E-state index in [1.54, 1.807) is 12.1 Å². The zero-order chi connectivity index (χ0) is 18.8. The van der Waals surface area contributed by atoms with Gasteiger partial charge in [-0.05, 0) is 29.7 Å². The van der Waals surface area contributed by atoms with Crippen LogP contribution in [0.1, 0.15) is 49.4 Å². The predicted octanol–water partition coefficient (Wildman–Crippen LogP) is 4.60. The van der Waals surface area contributed by atoms with Gasteiger partial charge in [0.05, 0.1) is 7.11 Å². The van der Waals surface area contributed by atoms with Crippen LogP contribution in [0.25, 0.3) is 11.1 Å². The molecule has 0 saturated carbocycles. The summed E-state index contributed by atoms with van der Waals surface area (Å²) >= 11 is 0. The van der Waals surface area contributed by atoms with Crippen molar-refractivity contribution in [2.24, 2.45) is 0 Å². The molecule has 2 aromatic rings. The number of unbranched alkanes of at least 4 members (excludes halogenated alkanes) is 3. The van der Waals surface area contributed by atoms with Crippen molar-refractivity contribution in [1.29, 1.82) is 0 Å². The van der Waals surface area contributed by atoms with Crippen molar-refractivity contribution in [1.82, 2.24) is 5.32 Å². The van der Waals surface area contributed by atoms with Gasteiger partial charge < -0.3 is 10.1 Å². The number of nitrogens with one attached hydrogen (secondary N) is 1. The lowest BCUT2D eigenvalue weighted by Gasteiger charge is -2.16. The van der Waals surface area contributed by atoms with Crippen LogP contribution in [0.3, 0.4) is 0 Å². The fraction of sp³-hybridized carbons (Fsp3) is 0.364. The molecule has 0 unspecified atom stereocenters. The Labute approximate surface area is 155 Å². The van der Waals surface area contributed by atoms with Gasteiger partial charge in [-0.1, -0.05) is 75.1 Å². The quantitative estimate of drug-likeness (QED) is 0.530. The Morgan fingerprint density at radius 2 is 1.58 bits per heavy atom. The summed E-state index contributed by atoms with van der Waals surface area (Å²) in [6.45, 7) is 2.14. The molecule has 26 heavy (non-hydrogen) atoms. The van der Waals surface area contributed by atoms with E-state index in [0.29, 0.717) is 12.0 Å². The van der Waals surface area contributed by atoms with Crippen molar-refractivity contribution in [2.75, 3.05) is 7.11 Å². The normalized spacial score (nSPS) is 11.6. The number of benzene rings is 2. The molecular weight excluding hydrogens is 326 g/mol. The van der Waals surface area contributed by atoms with Gasteiger partial charge in [0.1, 0.15) is 6.04 Å². The van der Waals surface area contributed by atoms with Crippen LogP contribution >= 0.6 is 0 Å². The van der Waals surface area contributed by atoms with Crippen molar-refractivity contribution in [3.63, 3.8) is 0 Å². The van der Waals surface area contributed by atoms with Crippen molar-refractivity contribution < 1.29 is 14.3 Å². The number of rotatable bonds is 9. The van der Waals surface area contributed by atoms with Gasteiger partial charge in [0.2, 0.25) is 0 Å². The molecule has 0 radical (unpaired) electrons. The van der Waals surface area contributed by atoms with Crippen LogP contribution in [-0.4, -0.2) is 25.0 Å². The Balaban J connectivity index is 2.00. The fourth-order valence-electron chi connectivity index (χ4n) is 2.85. The second kappa shape index (κ2) is 10.4. The van der Waals surface area contributed by atoms with E-state index in [9.17, 15) is 9.59 Å². The second-order valence-corrected chi connectivity index (χ2v) is 6.34. The molecular formula is C22H27NO3. The largest absolute Gasteiger partial charge is 0.467 e. The van der Waals surface area contributed by atoms with Gasteiger partial charge in [0.25, 0.3) is 5.91 Å². The molecule has 0 aliphatic rings. The van der Waals surface area contributed by atoms with E-state index in [2.05, 4.69) is 12.2 Å². The molecule has 2 aromatic carbocycles. The van der Waals surface area contributed by atoms with E-state index >= 15 is 0 Å². The SMILES string of the molecule is CCCCCC[C@@H](NC(=O)c1ccc(-c2ccccc2)cc1)C(=O)OC. The Hall–Kier alpha value is -2.62. The summed E-state index contributed by atoms with van der Waals surface area (Å²) in [6, 6.07) is 16.8. The fourth-order valence-corrected chi connectivity index (χ4v) is 2.85. The van der Waals surface area contributed by atoms with Gasteiger partial charge in [-0.25, -0.2) is 4.79 Å². The summed E-state index contributed by atoms with van der Waals surface area (Å²) < 4.78 is 4.83. The first-order valence-electron chi connectivity index (χ1n) is 9.20. The molecule has 2 rings (SSSR count). The van der Waals surface area contributed by atoms with Crippen molar-refractivity contribution >= 4 is 11.9 Å². The van der Waals surface area contributed by atoms with E-state index in [0.717, 1.165) is 36.8 Å². The predicted molar refractivity (Wildman–Crippen MR) is 104 cm³/mol. The average Bonchev–Trinajstić information content (AvgIpc) is 2.70. The Kier molecular flexibility index (Phi) is 7.87.